The number of piperidine rings is 1. The third-order valence-corrected chi connectivity index (χ3v) is 5.58. The van der Waals surface area contributed by atoms with Gasteiger partial charge in [0, 0.05) is 30.0 Å². The normalized spacial score (nSPS) is 17.1. The Balaban J connectivity index is 1.81. The molecular formula is C24H31N3O2. The minimum absolute atomic E-state index is 0.0821. The molecule has 1 atom stereocenters. The van der Waals surface area contributed by atoms with E-state index in [-0.39, 0.29) is 23.3 Å². The average Bonchev–Trinajstić information content (AvgIpc) is 2.73. The fourth-order valence-corrected chi connectivity index (χ4v) is 3.97. The summed E-state index contributed by atoms with van der Waals surface area (Å²) in [5, 5.41) is 3.01. The standard InChI is InChI=1S/C24H31N3O2/c1-5-18-10-8-9-15-27(18)23(29)21-16-17(13-14-25-21)22(28)26-20-12-7-6-11-19(20)24(2,3)4/h6-7,11-14,16,18H,5,8-10,15H2,1-4H3,(H,26,28). The summed E-state index contributed by atoms with van der Waals surface area (Å²) < 4.78 is 0. The molecule has 1 aliphatic rings. The third-order valence-electron chi connectivity index (χ3n) is 5.58. The van der Waals surface area contributed by atoms with Crippen LogP contribution in [0, 0.1) is 0 Å². The number of hydrogen-bond acceptors (Lipinski definition) is 3. The van der Waals surface area contributed by atoms with E-state index in [2.05, 4.69) is 38.0 Å². The lowest BCUT2D eigenvalue weighted by Gasteiger charge is -2.35. The third kappa shape index (κ3) is 4.84. The summed E-state index contributed by atoms with van der Waals surface area (Å²) in [7, 11) is 0. The molecule has 3 rings (SSSR count). The van der Waals surface area contributed by atoms with Crippen molar-refractivity contribution >= 4 is 17.5 Å². The number of rotatable bonds is 4. The van der Waals surface area contributed by atoms with E-state index in [9.17, 15) is 9.59 Å². The molecule has 5 nitrogen and oxygen atoms in total. The molecule has 1 N–H and O–H groups in total. The van der Waals surface area contributed by atoms with Gasteiger partial charge in [-0.2, -0.15) is 0 Å². The number of benzene rings is 1. The molecule has 0 radical (unpaired) electrons. The number of pyridine rings is 1. The zero-order valence-corrected chi connectivity index (χ0v) is 17.9. The predicted molar refractivity (Wildman–Crippen MR) is 116 cm³/mol. The van der Waals surface area contributed by atoms with Gasteiger partial charge in [-0.15, -0.1) is 0 Å². The van der Waals surface area contributed by atoms with Gasteiger partial charge in [0.25, 0.3) is 11.8 Å². The minimum Gasteiger partial charge on any atom is -0.334 e. The summed E-state index contributed by atoms with van der Waals surface area (Å²) in [6.45, 7) is 9.21. The SMILES string of the molecule is CCC1CCCCN1C(=O)c1cc(C(=O)Nc2ccccc2C(C)(C)C)ccn1. The van der Waals surface area contributed by atoms with Crippen LogP contribution >= 0.6 is 0 Å². The molecule has 0 aliphatic carbocycles. The first kappa shape index (κ1) is 21.0. The van der Waals surface area contributed by atoms with Crippen molar-refractivity contribution in [3.8, 4) is 0 Å². The van der Waals surface area contributed by atoms with Crippen LogP contribution in [0.25, 0.3) is 0 Å². The van der Waals surface area contributed by atoms with Crippen LogP contribution in [0.5, 0.6) is 0 Å². The van der Waals surface area contributed by atoms with Crippen LogP contribution in [0.1, 0.15) is 79.8 Å². The van der Waals surface area contributed by atoms with Crippen LogP contribution in [0.4, 0.5) is 5.69 Å². The lowest BCUT2D eigenvalue weighted by Crippen LogP contribution is -2.43. The summed E-state index contributed by atoms with van der Waals surface area (Å²) in [6, 6.07) is 11.3. The molecule has 1 aromatic heterocycles. The highest BCUT2D eigenvalue weighted by atomic mass is 16.2. The molecule has 1 aliphatic heterocycles. The number of nitrogens with one attached hydrogen (secondary N) is 1. The van der Waals surface area contributed by atoms with E-state index in [1.807, 2.05) is 29.2 Å². The number of likely N-dealkylation sites (tertiary alicyclic amines) is 1. The van der Waals surface area contributed by atoms with E-state index >= 15 is 0 Å². The number of hydrogen-bond donors (Lipinski definition) is 1. The Morgan fingerprint density at radius 1 is 1.17 bits per heavy atom. The summed E-state index contributed by atoms with van der Waals surface area (Å²) in [5.74, 6) is -0.315. The molecule has 2 heterocycles. The van der Waals surface area contributed by atoms with Gasteiger partial charge in [0.05, 0.1) is 0 Å². The van der Waals surface area contributed by atoms with Crippen molar-refractivity contribution in [2.75, 3.05) is 11.9 Å². The summed E-state index contributed by atoms with van der Waals surface area (Å²) in [6.07, 6.45) is 5.70. The van der Waals surface area contributed by atoms with E-state index in [1.54, 1.807) is 18.3 Å². The molecule has 0 bridgehead atoms. The van der Waals surface area contributed by atoms with Crippen LogP contribution < -0.4 is 5.32 Å². The number of nitrogens with zero attached hydrogens (tertiary/aromatic N) is 2. The zero-order chi connectivity index (χ0) is 21.0. The second-order valence-electron chi connectivity index (χ2n) is 8.74. The van der Waals surface area contributed by atoms with E-state index in [1.165, 1.54) is 0 Å². The molecule has 1 aromatic carbocycles. The maximum absolute atomic E-state index is 13.0. The Morgan fingerprint density at radius 3 is 2.66 bits per heavy atom. The maximum Gasteiger partial charge on any atom is 0.272 e. The van der Waals surface area contributed by atoms with Crippen LogP contribution in [0.2, 0.25) is 0 Å². The molecule has 29 heavy (non-hydrogen) atoms. The second-order valence-corrected chi connectivity index (χ2v) is 8.74. The van der Waals surface area contributed by atoms with E-state index in [0.717, 1.165) is 43.5 Å². The molecule has 0 spiro atoms. The lowest BCUT2D eigenvalue weighted by atomic mass is 9.86. The lowest BCUT2D eigenvalue weighted by molar-refractivity contribution is 0.0602. The monoisotopic (exact) mass is 393 g/mol. The molecule has 2 amide bonds. The quantitative estimate of drug-likeness (QED) is 0.792. The Kier molecular flexibility index (Phi) is 6.36. The molecule has 5 heteroatoms. The first-order valence-electron chi connectivity index (χ1n) is 10.5. The summed E-state index contributed by atoms with van der Waals surface area (Å²) in [5.41, 5.74) is 2.54. The Labute approximate surface area is 173 Å². The van der Waals surface area contributed by atoms with Crippen LogP contribution in [0.15, 0.2) is 42.6 Å². The van der Waals surface area contributed by atoms with E-state index < -0.39 is 0 Å². The van der Waals surface area contributed by atoms with Crippen molar-refractivity contribution in [3.05, 3.63) is 59.4 Å². The number of amides is 2. The first-order chi connectivity index (χ1) is 13.8. The van der Waals surface area contributed by atoms with Gasteiger partial charge in [-0.25, -0.2) is 0 Å². The molecule has 154 valence electrons. The molecule has 1 unspecified atom stereocenters. The zero-order valence-electron chi connectivity index (χ0n) is 17.9. The topological polar surface area (TPSA) is 62.3 Å². The van der Waals surface area contributed by atoms with Crippen molar-refractivity contribution in [1.29, 1.82) is 0 Å². The van der Waals surface area contributed by atoms with Gasteiger partial charge >= 0.3 is 0 Å². The van der Waals surface area contributed by atoms with E-state index in [0.29, 0.717) is 11.3 Å². The van der Waals surface area contributed by atoms with Gasteiger partial charge in [0.2, 0.25) is 0 Å². The predicted octanol–water partition coefficient (Wildman–Crippen LogP) is 5.04. The number of carbonyl (C=O) groups excluding carboxylic acids is 2. The van der Waals surface area contributed by atoms with Crippen molar-refractivity contribution < 1.29 is 9.59 Å². The van der Waals surface area contributed by atoms with Gasteiger partial charge in [-0.05, 0) is 54.9 Å². The van der Waals surface area contributed by atoms with Gasteiger partial charge in [0.15, 0.2) is 0 Å². The number of carbonyl (C=O) groups is 2. The van der Waals surface area contributed by atoms with Gasteiger partial charge in [0.1, 0.15) is 5.69 Å². The molecule has 0 saturated carbocycles. The molecule has 2 aromatic rings. The van der Waals surface area contributed by atoms with Crippen molar-refractivity contribution in [3.63, 3.8) is 0 Å². The fraction of sp³-hybridized carbons (Fsp3) is 0.458. The summed E-state index contributed by atoms with van der Waals surface area (Å²) >= 11 is 0. The fourth-order valence-electron chi connectivity index (χ4n) is 3.97. The second kappa shape index (κ2) is 8.76. The summed E-state index contributed by atoms with van der Waals surface area (Å²) in [4.78, 5) is 32.1. The molecule has 1 saturated heterocycles. The van der Waals surface area contributed by atoms with Gasteiger partial charge in [-0.1, -0.05) is 45.9 Å². The van der Waals surface area contributed by atoms with Crippen molar-refractivity contribution in [2.24, 2.45) is 0 Å². The smallest absolute Gasteiger partial charge is 0.272 e. The van der Waals surface area contributed by atoms with E-state index in [4.69, 9.17) is 0 Å². The van der Waals surface area contributed by atoms with Gasteiger partial charge < -0.3 is 10.2 Å². The molecule has 1 fully saturated rings. The highest BCUT2D eigenvalue weighted by Crippen LogP contribution is 2.29. The molecular weight excluding hydrogens is 362 g/mol. The van der Waals surface area contributed by atoms with Crippen LogP contribution in [-0.4, -0.2) is 34.3 Å². The largest absolute Gasteiger partial charge is 0.334 e. The van der Waals surface area contributed by atoms with Crippen LogP contribution in [0.3, 0.4) is 0 Å². The van der Waals surface area contributed by atoms with Gasteiger partial charge in [-0.3, -0.25) is 14.6 Å². The van der Waals surface area contributed by atoms with Crippen molar-refractivity contribution in [2.45, 2.75) is 64.8 Å². The highest BCUT2D eigenvalue weighted by Gasteiger charge is 2.27. The Morgan fingerprint density at radius 2 is 1.93 bits per heavy atom. The number of para-hydroxylation sites is 1. The minimum atomic E-state index is -0.233. The average molecular weight is 394 g/mol. The Hall–Kier alpha value is -2.69. The number of anilines is 1. The van der Waals surface area contributed by atoms with Crippen LogP contribution in [-0.2, 0) is 5.41 Å². The Bertz CT molecular complexity index is 886. The number of aromatic nitrogens is 1. The first-order valence-corrected chi connectivity index (χ1v) is 10.5. The highest BCUT2D eigenvalue weighted by molar-refractivity contribution is 6.06. The van der Waals surface area contributed by atoms with Crippen molar-refractivity contribution in [1.82, 2.24) is 9.88 Å². The maximum atomic E-state index is 13.0.